The zero-order chi connectivity index (χ0) is 25.5. The Bertz CT molecular complexity index is 1440. The lowest BCUT2D eigenvalue weighted by Gasteiger charge is -2.39. The Balaban J connectivity index is 1.39. The van der Waals surface area contributed by atoms with Crippen molar-refractivity contribution < 1.29 is 9.47 Å². The lowest BCUT2D eigenvalue weighted by atomic mass is 9.82. The second-order valence-electron chi connectivity index (χ2n) is 9.18. The van der Waals surface area contributed by atoms with Crippen molar-refractivity contribution >= 4 is 55.7 Å². The zero-order valence-corrected chi connectivity index (χ0v) is 23.3. The van der Waals surface area contributed by atoms with Crippen LogP contribution in [0.25, 0.3) is 0 Å². The molecule has 4 heterocycles. The van der Waals surface area contributed by atoms with Gasteiger partial charge in [-0.2, -0.15) is 0 Å². The van der Waals surface area contributed by atoms with Gasteiger partial charge in [-0.15, -0.1) is 0 Å². The quantitative estimate of drug-likeness (QED) is 0.220. The van der Waals surface area contributed by atoms with Crippen LogP contribution in [0.3, 0.4) is 0 Å². The van der Waals surface area contributed by atoms with Gasteiger partial charge in [-0.3, -0.25) is 20.0 Å². The number of nitrogens with zero attached hydrogens (tertiary/aromatic N) is 4. The van der Waals surface area contributed by atoms with E-state index >= 15 is 0 Å². The monoisotopic (exact) mass is 616 g/mol. The molecule has 0 saturated heterocycles. The Kier molecular flexibility index (Phi) is 6.38. The molecule has 37 heavy (non-hydrogen) atoms. The van der Waals surface area contributed by atoms with Crippen molar-refractivity contribution in [2.75, 3.05) is 0 Å². The number of ether oxygens (including phenoxy) is 2. The van der Waals surface area contributed by atoms with Gasteiger partial charge in [0.1, 0.15) is 11.4 Å². The first kappa shape index (κ1) is 24.0. The van der Waals surface area contributed by atoms with Gasteiger partial charge in [-0.25, -0.2) is 0 Å². The molecule has 184 valence electrons. The summed E-state index contributed by atoms with van der Waals surface area (Å²) in [4.78, 5) is 18.3. The highest BCUT2D eigenvalue weighted by atomic mass is 79.9. The van der Waals surface area contributed by atoms with Crippen LogP contribution in [0.2, 0.25) is 0 Å². The molecule has 8 heteroatoms. The molecule has 6 rings (SSSR count). The number of aryl methyl sites for hydroxylation is 2. The van der Waals surface area contributed by atoms with E-state index in [0.29, 0.717) is 0 Å². The predicted molar refractivity (Wildman–Crippen MR) is 152 cm³/mol. The number of aliphatic imine (C=N–C) groups is 2. The van der Waals surface area contributed by atoms with Crippen LogP contribution in [0, 0.1) is 13.8 Å². The zero-order valence-electron chi connectivity index (χ0n) is 20.2. The summed E-state index contributed by atoms with van der Waals surface area (Å²) in [7, 11) is 0. The fourth-order valence-corrected chi connectivity index (χ4v) is 5.19. The Morgan fingerprint density at radius 3 is 1.68 bits per heavy atom. The number of hydrogen-bond acceptors (Lipinski definition) is 6. The van der Waals surface area contributed by atoms with Crippen molar-refractivity contribution in [3.05, 3.63) is 104 Å². The minimum atomic E-state index is -0.421. The molecule has 6 nitrogen and oxygen atoms in total. The molecule has 2 aliphatic heterocycles. The molecule has 0 saturated carbocycles. The minimum Gasteiger partial charge on any atom is -0.452 e. The maximum Gasteiger partial charge on any atom is 0.242 e. The maximum absolute atomic E-state index is 6.38. The van der Waals surface area contributed by atoms with E-state index in [4.69, 9.17) is 19.5 Å². The molecule has 0 radical (unpaired) electrons. The van der Waals surface area contributed by atoms with Gasteiger partial charge in [0.05, 0.1) is 23.8 Å². The number of rotatable bonds is 4. The summed E-state index contributed by atoms with van der Waals surface area (Å²) in [5.74, 6) is 1.64. The van der Waals surface area contributed by atoms with E-state index in [1.165, 1.54) is 0 Å². The summed E-state index contributed by atoms with van der Waals surface area (Å²) in [6.07, 6.45) is 7.35. The minimum absolute atomic E-state index is 0.122. The van der Waals surface area contributed by atoms with Gasteiger partial charge < -0.3 is 9.47 Å². The first-order valence-electron chi connectivity index (χ1n) is 11.9. The van der Waals surface area contributed by atoms with Crippen molar-refractivity contribution in [3.8, 4) is 11.5 Å². The van der Waals surface area contributed by atoms with Crippen LogP contribution in [-0.4, -0.2) is 28.7 Å². The Morgan fingerprint density at radius 1 is 0.757 bits per heavy atom. The van der Waals surface area contributed by atoms with Crippen molar-refractivity contribution in [1.29, 1.82) is 0 Å². The van der Waals surface area contributed by atoms with Gasteiger partial charge in [-0.1, -0.05) is 12.1 Å². The predicted octanol–water partition coefficient (Wildman–Crippen LogP) is 7.75. The number of pyridine rings is 2. The molecule has 0 spiro atoms. The normalized spacial score (nSPS) is 17.8. The van der Waals surface area contributed by atoms with Gasteiger partial charge in [-0.05, 0) is 93.2 Å². The smallest absolute Gasteiger partial charge is 0.242 e. The second kappa shape index (κ2) is 9.84. The van der Waals surface area contributed by atoms with E-state index in [0.717, 1.165) is 71.9 Å². The molecule has 0 atom stereocenters. The van der Waals surface area contributed by atoms with E-state index in [1.54, 1.807) is 24.8 Å². The highest BCUT2D eigenvalue weighted by Crippen LogP contribution is 2.53. The fourth-order valence-electron chi connectivity index (χ4n) is 4.73. The van der Waals surface area contributed by atoms with Crippen molar-refractivity contribution in [2.24, 2.45) is 9.98 Å². The Hall–Kier alpha value is -3.36. The molecular formula is C29H22Br2N4O2. The number of aromatic nitrogens is 2. The van der Waals surface area contributed by atoms with Gasteiger partial charge in [0.2, 0.25) is 6.29 Å². The molecular weight excluding hydrogens is 596 g/mol. The van der Waals surface area contributed by atoms with Crippen LogP contribution in [0.1, 0.15) is 46.0 Å². The summed E-state index contributed by atoms with van der Waals surface area (Å²) in [6.45, 7) is 4.17. The molecule has 2 aromatic carbocycles. The highest BCUT2D eigenvalue weighted by Gasteiger charge is 2.39. The molecule has 2 bridgehead atoms. The summed E-state index contributed by atoms with van der Waals surface area (Å²) >= 11 is 6.84. The average Bonchev–Trinajstić information content (AvgIpc) is 2.89. The average molecular weight is 618 g/mol. The molecule has 2 aliphatic rings. The molecule has 4 aromatic rings. The van der Waals surface area contributed by atoms with Gasteiger partial charge in [0, 0.05) is 44.8 Å². The SMILES string of the molecule is Cc1cc(N=Cc2ccc(Br)cn2)c2c(c1)C1CC(O2)Oc2c(N=Cc3ccc(Br)cn3)cc(C)cc21. The van der Waals surface area contributed by atoms with Crippen LogP contribution in [-0.2, 0) is 0 Å². The van der Waals surface area contributed by atoms with E-state index in [2.05, 4.69) is 67.8 Å². The summed E-state index contributed by atoms with van der Waals surface area (Å²) < 4.78 is 14.6. The van der Waals surface area contributed by atoms with Crippen molar-refractivity contribution in [2.45, 2.75) is 32.5 Å². The van der Waals surface area contributed by atoms with Crippen LogP contribution in [0.5, 0.6) is 11.5 Å². The third-order valence-electron chi connectivity index (χ3n) is 6.33. The molecule has 0 aliphatic carbocycles. The van der Waals surface area contributed by atoms with E-state index in [9.17, 15) is 0 Å². The van der Waals surface area contributed by atoms with Crippen LogP contribution >= 0.6 is 31.9 Å². The molecule has 0 fully saturated rings. The number of hydrogen-bond donors (Lipinski definition) is 0. The molecule has 2 aromatic heterocycles. The molecule has 0 N–H and O–H groups in total. The highest BCUT2D eigenvalue weighted by molar-refractivity contribution is 9.10. The number of benzene rings is 2. The Labute approximate surface area is 231 Å². The molecule has 0 unspecified atom stereocenters. The van der Waals surface area contributed by atoms with Crippen LogP contribution in [0.4, 0.5) is 11.4 Å². The van der Waals surface area contributed by atoms with Crippen molar-refractivity contribution in [1.82, 2.24) is 9.97 Å². The van der Waals surface area contributed by atoms with E-state index in [1.807, 2.05) is 36.4 Å². The number of halogens is 2. The van der Waals surface area contributed by atoms with E-state index < -0.39 is 6.29 Å². The standard InChI is InChI=1S/C29H22Br2N4O2/c1-16-7-23-22-11-27(36-28(23)25(9-16)34-14-20-5-3-18(30)12-32-20)37-29-24(22)8-17(2)10-26(29)35-15-21-6-4-19(31)13-33-21/h3-10,12-15,22,27H,11H2,1-2H3. The number of fused-ring (bicyclic) bond motifs is 6. The maximum atomic E-state index is 6.38. The van der Waals surface area contributed by atoms with Gasteiger partial charge in [0.15, 0.2) is 11.5 Å². The van der Waals surface area contributed by atoms with Crippen LogP contribution in [0.15, 0.2) is 79.9 Å². The summed E-state index contributed by atoms with van der Waals surface area (Å²) in [5, 5.41) is 0. The lowest BCUT2D eigenvalue weighted by Crippen LogP contribution is -2.35. The van der Waals surface area contributed by atoms with E-state index in [-0.39, 0.29) is 5.92 Å². The topological polar surface area (TPSA) is 69.0 Å². The third kappa shape index (κ3) is 4.95. The molecule has 0 amide bonds. The second-order valence-corrected chi connectivity index (χ2v) is 11.0. The van der Waals surface area contributed by atoms with Crippen LogP contribution < -0.4 is 9.47 Å². The summed E-state index contributed by atoms with van der Waals surface area (Å²) in [5.41, 5.74) is 7.57. The van der Waals surface area contributed by atoms with Gasteiger partial charge >= 0.3 is 0 Å². The summed E-state index contributed by atoms with van der Waals surface area (Å²) in [6, 6.07) is 16.2. The first-order chi connectivity index (χ1) is 17.9. The lowest BCUT2D eigenvalue weighted by molar-refractivity contribution is -0.0255. The van der Waals surface area contributed by atoms with Gasteiger partial charge in [0.25, 0.3) is 0 Å². The fraction of sp³-hybridized carbons (Fsp3) is 0.172. The third-order valence-corrected chi connectivity index (χ3v) is 7.27. The van der Waals surface area contributed by atoms with Crippen molar-refractivity contribution in [3.63, 3.8) is 0 Å². The Morgan fingerprint density at radius 2 is 1.24 bits per heavy atom. The largest absolute Gasteiger partial charge is 0.452 e. The first-order valence-corrected chi connectivity index (χ1v) is 13.5.